The second-order valence-electron chi connectivity index (χ2n) is 5.56. The highest BCUT2D eigenvalue weighted by Gasteiger charge is 2.23. The second-order valence-corrected chi connectivity index (χ2v) is 5.56. The summed E-state index contributed by atoms with van der Waals surface area (Å²) >= 11 is 0. The first-order valence-electron chi connectivity index (χ1n) is 5.65. The standard InChI is InChI=1S/C12H25NO3/c1-11(2,6-7-14)9-13-10(15)8-12(3,4)16-5/h14H,6-9H2,1-5H3,(H,13,15). The van der Waals surface area contributed by atoms with Crippen LogP contribution in [0.3, 0.4) is 0 Å². The van der Waals surface area contributed by atoms with Gasteiger partial charge in [0.05, 0.1) is 12.0 Å². The highest BCUT2D eigenvalue weighted by atomic mass is 16.5. The molecule has 0 heterocycles. The third-order valence-corrected chi connectivity index (χ3v) is 2.69. The normalized spacial score (nSPS) is 12.6. The number of nitrogens with one attached hydrogen (secondary N) is 1. The van der Waals surface area contributed by atoms with Gasteiger partial charge < -0.3 is 15.2 Å². The molecule has 0 saturated heterocycles. The Morgan fingerprint density at radius 2 is 1.88 bits per heavy atom. The minimum absolute atomic E-state index is 0.0159. The van der Waals surface area contributed by atoms with Gasteiger partial charge in [-0.15, -0.1) is 0 Å². The number of ether oxygens (including phenoxy) is 1. The molecule has 0 bridgehead atoms. The van der Waals surface area contributed by atoms with Crippen molar-refractivity contribution in [2.24, 2.45) is 5.41 Å². The van der Waals surface area contributed by atoms with Gasteiger partial charge in [0.1, 0.15) is 0 Å². The Balaban J connectivity index is 3.99. The maximum absolute atomic E-state index is 11.6. The van der Waals surface area contributed by atoms with E-state index in [1.165, 1.54) is 0 Å². The van der Waals surface area contributed by atoms with E-state index in [0.29, 0.717) is 19.4 Å². The molecule has 2 N–H and O–H groups in total. The molecule has 0 saturated carbocycles. The zero-order valence-electron chi connectivity index (χ0n) is 11.1. The fraction of sp³-hybridized carbons (Fsp3) is 0.917. The number of carbonyl (C=O) groups is 1. The summed E-state index contributed by atoms with van der Waals surface area (Å²) in [5, 5.41) is 11.7. The van der Waals surface area contributed by atoms with Crippen LogP contribution in [0.15, 0.2) is 0 Å². The van der Waals surface area contributed by atoms with Gasteiger partial charge in [0.2, 0.25) is 5.91 Å². The number of aliphatic hydroxyl groups is 1. The van der Waals surface area contributed by atoms with Gasteiger partial charge in [-0.3, -0.25) is 4.79 Å². The van der Waals surface area contributed by atoms with Gasteiger partial charge in [-0.1, -0.05) is 13.8 Å². The lowest BCUT2D eigenvalue weighted by Crippen LogP contribution is -2.38. The summed E-state index contributed by atoms with van der Waals surface area (Å²) < 4.78 is 5.19. The molecule has 1 amide bonds. The third-order valence-electron chi connectivity index (χ3n) is 2.69. The molecule has 0 rings (SSSR count). The monoisotopic (exact) mass is 231 g/mol. The molecule has 0 radical (unpaired) electrons. The predicted molar refractivity (Wildman–Crippen MR) is 64.2 cm³/mol. The van der Waals surface area contributed by atoms with Crippen LogP contribution in [0.25, 0.3) is 0 Å². The molecule has 0 aliphatic heterocycles. The summed E-state index contributed by atoms with van der Waals surface area (Å²) in [7, 11) is 1.60. The van der Waals surface area contributed by atoms with E-state index in [9.17, 15) is 4.79 Å². The van der Waals surface area contributed by atoms with E-state index < -0.39 is 5.60 Å². The summed E-state index contributed by atoms with van der Waals surface area (Å²) in [5.74, 6) is -0.0159. The molecular weight excluding hydrogens is 206 g/mol. The number of hydrogen-bond donors (Lipinski definition) is 2. The fourth-order valence-corrected chi connectivity index (χ4v) is 1.25. The summed E-state index contributed by atoms with van der Waals surface area (Å²) in [4.78, 5) is 11.6. The Kier molecular flexibility index (Phi) is 5.97. The fourth-order valence-electron chi connectivity index (χ4n) is 1.25. The van der Waals surface area contributed by atoms with E-state index in [0.717, 1.165) is 0 Å². The van der Waals surface area contributed by atoms with Gasteiger partial charge in [0.15, 0.2) is 0 Å². The summed E-state index contributed by atoms with van der Waals surface area (Å²) in [6.45, 7) is 8.52. The van der Waals surface area contributed by atoms with Crippen molar-refractivity contribution < 1.29 is 14.6 Å². The molecule has 0 aromatic carbocycles. The third kappa shape index (κ3) is 6.80. The lowest BCUT2D eigenvalue weighted by atomic mass is 9.89. The van der Waals surface area contributed by atoms with E-state index in [-0.39, 0.29) is 17.9 Å². The lowest BCUT2D eigenvalue weighted by molar-refractivity contribution is -0.126. The Hall–Kier alpha value is -0.610. The first kappa shape index (κ1) is 15.4. The maximum atomic E-state index is 11.6. The van der Waals surface area contributed by atoms with Crippen molar-refractivity contribution in [1.82, 2.24) is 5.32 Å². The average Bonchev–Trinajstić information content (AvgIpc) is 2.14. The van der Waals surface area contributed by atoms with Gasteiger partial charge in [0.25, 0.3) is 0 Å². The summed E-state index contributed by atoms with van der Waals surface area (Å²) in [6.07, 6.45) is 1.03. The molecule has 0 aliphatic rings. The van der Waals surface area contributed by atoms with Crippen LogP contribution in [-0.4, -0.2) is 36.9 Å². The van der Waals surface area contributed by atoms with Crippen LogP contribution in [0.5, 0.6) is 0 Å². The Bertz CT molecular complexity index is 224. The minimum Gasteiger partial charge on any atom is -0.396 e. The van der Waals surface area contributed by atoms with Crippen molar-refractivity contribution in [3.8, 4) is 0 Å². The molecule has 0 atom stereocenters. The van der Waals surface area contributed by atoms with Crippen molar-refractivity contribution in [2.45, 2.75) is 46.1 Å². The van der Waals surface area contributed by atoms with Crippen molar-refractivity contribution in [1.29, 1.82) is 0 Å². The Morgan fingerprint density at radius 1 is 1.31 bits per heavy atom. The van der Waals surface area contributed by atoms with E-state index in [4.69, 9.17) is 9.84 Å². The summed E-state index contributed by atoms with van der Waals surface area (Å²) in [6, 6.07) is 0. The SMILES string of the molecule is COC(C)(C)CC(=O)NCC(C)(C)CCO. The van der Waals surface area contributed by atoms with E-state index in [1.807, 2.05) is 27.7 Å². The number of hydrogen-bond acceptors (Lipinski definition) is 3. The van der Waals surface area contributed by atoms with Gasteiger partial charge in [0, 0.05) is 20.3 Å². The zero-order valence-corrected chi connectivity index (χ0v) is 11.1. The second kappa shape index (κ2) is 6.21. The van der Waals surface area contributed by atoms with Crippen molar-refractivity contribution in [3.05, 3.63) is 0 Å². The van der Waals surface area contributed by atoms with Gasteiger partial charge >= 0.3 is 0 Å². The smallest absolute Gasteiger partial charge is 0.222 e. The molecule has 0 aromatic rings. The van der Waals surface area contributed by atoms with E-state index in [2.05, 4.69) is 5.32 Å². The highest BCUT2D eigenvalue weighted by Crippen LogP contribution is 2.18. The zero-order chi connectivity index (χ0) is 12.8. The Labute approximate surface area is 98.4 Å². The Morgan fingerprint density at radius 3 is 2.31 bits per heavy atom. The van der Waals surface area contributed by atoms with Crippen LogP contribution in [0.4, 0.5) is 0 Å². The molecular formula is C12H25NO3. The van der Waals surface area contributed by atoms with Crippen LogP contribution >= 0.6 is 0 Å². The molecule has 0 spiro atoms. The number of aliphatic hydroxyl groups excluding tert-OH is 1. The van der Waals surface area contributed by atoms with Crippen LogP contribution in [0.2, 0.25) is 0 Å². The van der Waals surface area contributed by atoms with Crippen molar-refractivity contribution >= 4 is 5.91 Å². The number of amides is 1. The molecule has 0 unspecified atom stereocenters. The van der Waals surface area contributed by atoms with Gasteiger partial charge in [-0.2, -0.15) is 0 Å². The number of methoxy groups -OCH3 is 1. The topological polar surface area (TPSA) is 58.6 Å². The largest absolute Gasteiger partial charge is 0.396 e. The van der Waals surface area contributed by atoms with Gasteiger partial charge in [-0.05, 0) is 25.7 Å². The molecule has 16 heavy (non-hydrogen) atoms. The minimum atomic E-state index is -0.425. The van der Waals surface area contributed by atoms with Crippen molar-refractivity contribution in [2.75, 3.05) is 20.3 Å². The quantitative estimate of drug-likeness (QED) is 0.695. The number of rotatable bonds is 7. The molecule has 0 fully saturated rings. The predicted octanol–water partition coefficient (Wildman–Crippen LogP) is 1.33. The molecule has 4 heteroatoms. The maximum Gasteiger partial charge on any atom is 0.222 e. The van der Waals surface area contributed by atoms with E-state index in [1.54, 1.807) is 7.11 Å². The van der Waals surface area contributed by atoms with Crippen molar-refractivity contribution in [3.63, 3.8) is 0 Å². The molecule has 0 aliphatic carbocycles. The number of carbonyl (C=O) groups excluding carboxylic acids is 1. The van der Waals surface area contributed by atoms with Crippen LogP contribution in [0, 0.1) is 5.41 Å². The molecule has 0 aromatic heterocycles. The van der Waals surface area contributed by atoms with Gasteiger partial charge in [-0.25, -0.2) is 0 Å². The first-order chi connectivity index (χ1) is 7.22. The molecule has 4 nitrogen and oxygen atoms in total. The summed E-state index contributed by atoms with van der Waals surface area (Å²) in [5.41, 5.74) is -0.493. The van der Waals surface area contributed by atoms with E-state index >= 15 is 0 Å². The van der Waals surface area contributed by atoms with Crippen LogP contribution in [-0.2, 0) is 9.53 Å². The average molecular weight is 231 g/mol. The highest BCUT2D eigenvalue weighted by molar-refractivity contribution is 5.76. The lowest BCUT2D eigenvalue weighted by Gasteiger charge is -2.26. The van der Waals surface area contributed by atoms with Crippen LogP contribution in [0.1, 0.15) is 40.5 Å². The van der Waals surface area contributed by atoms with Crippen LogP contribution < -0.4 is 5.32 Å². The molecule has 96 valence electrons. The first-order valence-corrected chi connectivity index (χ1v) is 5.65.